The van der Waals surface area contributed by atoms with E-state index in [0.29, 0.717) is 19.4 Å². The molecule has 0 bridgehead atoms. The summed E-state index contributed by atoms with van der Waals surface area (Å²) in [5.41, 5.74) is 4.38. The number of carboxylic acids is 1. The third-order valence-corrected chi connectivity index (χ3v) is 6.71. The molecule has 5 rings (SSSR count). The number of nitrogens with one attached hydrogen (secondary N) is 1. The molecule has 2 heterocycles. The van der Waals surface area contributed by atoms with E-state index in [4.69, 9.17) is 9.26 Å². The number of amides is 2. The van der Waals surface area contributed by atoms with Crippen LogP contribution in [0.25, 0.3) is 11.1 Å². The fourth-order valence-corrected chi connectivity index (χ4v) is 4.94. The van der Waals surface area contributed by atoms with Crippen molar-refractivity contribution in [1.82, 2.24) is 10.1 Å². The van der Waals surface area contributed by atoms with Crippen molar-refractivity contribution in [3.05, 3.63) is 71.4 Å². The van der Waals surface area contributed by atoms with Gasteiger partial charge in [0.15, 0.2) is 5.69 Å². The minimum Gasteiger partial charge on any atom is -0.480 e. The minimum absolute atomic E-state index is 0.0529. The average molecular weight is 476 g/mol. The normalized spacial score (nSPS) is 19.1. The minimum atomic E-state index is -1.05. The number of likely N-dealkylation sites (tertiary alicyclic amines) is 1. The topological polar surface area (TPSA) is 122 Å². The Morgan fingerprint density at radius 1 is 1.11 bits per heavy atom. The van der Waals surface area contributed by atoms with Gasteiger partial charge in [-0.2, -0.15) is 0 Å². The number of carbonyl (C=O) groups excluding carboxylic acids is 2. The monoisotopic (exact) mass is 475 g/mol. The summed E-state index contributed by atoms with van der Waals surface area (Å²) in [4.78, 5) is 38.2. The molecule has 9 heteroatoms. The van der Waals surface area contributed by atoms with Crippen molar-refractivity contribution in [3.8, 4) is 11.1 Å². The third kappa shape index (κ3) is 4.37. The molecule has 35 heavy (non-hydrogen) atoms. The number of hydrogen-bond acceptors (Lipinski definition) is 6. The van der Waals surface area contributed by atoms with E-state index >= 15 is 0 Å². The molecule has 0 radical (unpaired) electrons. The fraction of sp³-hybridized carbons (Fsp3) is 0.308. The van der Waals surface area contributed by atoms with Crippen molar-refractivity contribution in [3.63, 3.8) is 0 Å². The van der Waals surface area contributed by atoms with Crippen LogP contribution in [0.5, 0.6) is 0 Å². The molecular weight excluding hydrogens is 450 g/mol. The summed E-state index contributed by atoms with van der Waals surface area (Å²) in [5.74, 6) is -1.53. The number of hydrogen-bond donors (Lipinski definition) is 2. The number of ether oxygens (including phenoxy) is 1. The largest absolute Gasteiger partial charge is 0.480 e. The van der Waals surface area contributed by atoms with Crippen LogP contribution < -0.4 is 5.32 Å². The maximum atomic E-state index is 12.8. The standard InChI is InChI=1S/C26H25N3O6/c1-15-10-11-29(22(12-15)25(31)32)24(30)21-13-23(35-28-21)27-26(33)34-14-20-18-8-4-2-6-16(18)17-7-3-5-9-19(17)20/h2-9,13,15,20,22H,10-12,14H2,1H3,(H,27,33)(H,31,32). The summed E-state index contributed by atoms with van der Waals surface area (Å²) in [6, 6.07) is 16.4. The number of carboxylic acid groups (broad SMARTS) is 1. The number of aromatic nitrogens is 1. The number of piperidine rings is 1. The average Bonchev–Trinajstić information content (AvgIpc) is 3.45. The maximum absolute atomic E-state index is 12.8. The molecule has 1 aliphatic heterocycles. The quantitative estimate of drug-likeness (QED) is 0.562. The molecule has 2 amide bonds. The van der Waals surface area contributed by atoms with Crippen LogP contribution in [0.15, 0.2) is 59.1 Å². The zero-order valence-electron chi connectivity index (χ0n) is 19.1. The third-order valence-electron chi connectivity index (χ3n) is 6.71. The van der Waals surface area contributed by atoms with Gasteiger partial charge in [0.1, 0.15) is 12.6 Å². The van der Waals surface area contributed by atoms with Crippen molar-refractivity contribution in [2.75, 3.05) is 18.5 Å². The number of anilines is 1. The predicted octanol–water partition coefficient (Wildman–Crippen LogP) is 4.36. The lowest BCUT2D eigenvalue weighted by molar-refractivity contribution is -0.144. The number of benzene rings is 2. The molecular formula is C26H25N3O6. The Morgan fingerprint density at radius 2 is 1.77 bits per heavy atom. The second-order valence-electron chi connectivity index (χ2n) is 9.01. The first-order valence-electron chi connectivity index (χ1n) is 11.5. The lowest BCUT2D eigenvalue weighted by atomic mass is 9.92. The summed E-state index contributed by atoms with van der Waals surface area (Å²) in [5, 5.41) is 15.7. The summed E-state index contributed by atoms with van der Waals surface area (Å²) in [6.07, 6.45) is 0.347. The van der Waals surface area contributed by atoms with Gasteiger partial charge in [-0.1, -0.05) is 60.6 Å². The molecule has 180 valence electrons. The molecule has 0 saturated carbocycles. The molecule has 2 aliphatic rings. The van der Waals surface area contributed by atoms with Gasteiger partial charge in [-0.15, -0.1) is 0 Å². The summed E-state index contributed by atoms with van der Waals surface area (Å²) in [6.45, 7) is 2.41. The number of rotatable bonds is 5. The van der Waals surface area contributed by atoms with Crippen LogP contribution in [0.2, 0.25) is 0 Å². The Morgan fingerprint density at radius 3 is 2.43 bits per heavy atom. The predicted molar refractivity (Wildman–Crippen MR) is 126 cm³/mol. The smallest absolute Gasteiger partial charge is 0.414 e. The van der Waals surface area contributed by atoms with Crippen molar-refractivity contribution < 1.29 is 28.8 Å². The molecule has 1 fully saturated rings. The number of fused-ring (bicyclic) bond motifs is 3. The molecule has 1 saturated heterocycles. The van der Waals surface area contributed by atoms with E-state index < -0.39 is 24.0 Å². The second kappa shape index (κ2) is 9.25. The van der Waals surface area contributed by atoms with Crippen LogP contribution in [0.3, 0.4) is 0 Å². The lowest BCUT2D eigenvalue weighted by Gasteiger charge is -2.35. The van der Waals surface area contributed by atoms with E-state index in [1.807, 2.05) is 43.3 Å². The van der Waals surface area contributed by atoms with Gasteiger partial charge in [-0.25, -0.2) is 9.59 Å². The Labute approximate surface area is 201 Å². The van der Waals surface area contributed by atoms with E-state index in [1.165, 1.54) is 11.0 Å². The highest BCUT2D eigenvalue weighted by atomic mass is 16.6. The van der Waals surface area contributed by atoms with Gasteiger partial charge in [0.2, 0.25) is 5.88 Å². The van der Waals surface area contributed by atoms with Gasteiger partial charge in [-0.3, -0.25) is 10.1 Å². The zero-order valence-corrected chi connectivity index (χ0v) is 19.1. The zero-order chi connectivity index (χ0) is 24.5. The van der Waals surface area contributed by atoms with Crippen molar-refractivity contribution in [2.24, 2.45) is 5.92 Å². The van der Waals surface area contributed by atoms with Crippen LogP contribution in [0, 0.1) is 5.92 Å². The lowest BCUT2D eigenvalue weighted by Crippen LogP contribution is -2.49. The molecule has 2 atom stereocenters. The van der Waals surface area contributed by atoms with Crippen LogP contribution in [-0.4, -0.2) is 52.3 Å². The van der Waals surface area contributed by atoms with Gasteiger partial charge < -0.3 is 19.3 Å². The van der Waals surface area contributed by atoms with E-state index in [2.05, 4.69) is 22.6 Å². The van der Waals surface area contributed by atoms with Gasteiger partial charge in [0.25, 0.3) is 5.91 Å². The molecule has 1 aromatic heterocycles. The first-order valence-corrected chi connectivity index (χ1v) is 11.5. The summed E-state index contributed by atoms with van der Waals surface area (Å²) in [7, 11) is 0. The molecule has 3 aromatic rings. The van der Waals surface area contributed by atoms with Crippen molar-refractivity contribution in [2.45, 2.75) is 31.7 Å². The van der Waals surface area contributed by atoms with E-state index in [-0.39, 0.29) is 30.0 Å². The van der Waals surface area contributed by atoms with Crippen molar-refractivity contribution in [1.29, 1.82) is 0 Å². The Hall–Kier alpha value is -4.14. The van der Waals surface area contributed by atoms with Crippen LogP contribution in [-0.2, 0) is 9.53 Å². The molecule has 0 spiro atoms. The Kier molecular flexibility index (Phi) is 5.98. The van der Waals surface area contributed by atoms with Gasteiger partial charge in [-0.05, 0) is 41.0 Å². The number of carbonyl (C=O) groups is 3. The Bertz CT molecular complexity index is 1240. The molecule has 9 nitrogen and oxygen atoms in total. The first-order chi connectivity index (χ1) is 16.9. The molecule has 2 N–H and O–H groups in total. The van der Waals surface area contributed by atoms with E-state index in [1.54, 1.807) is 0 Å². The van der Waals surface area contributed by atoms with Gasteiger partial charge in [0.05, 0.1) is 0 Å². The number of aliphatic carboxylic acids is 1. The molecule has 2 aromatic carbocycles. The molecule has 2 unspecified atom stereocenters. The summed E-state index contributed by atoms with van der Waals surface area (Å²) < 4.78 is 10.6. The second-order valence-corrected chi connectivity index (χ2v) is 9.01. The van der Waals surface area contributed by atoms with Gasteiger partial charge in [0, 0.05) is 18.5 Å². The maximum Gasteiger partial charge on any atom is 0.414 e. The molecule has 1 aliphatic carbocycles. The highest BCUT2D eigenvalue weighted by Crippen LogP contribution is 2.44. The summed E-state index contributed by atoms with van der Waals surface area (Å²) >= 11 is 0. The van der Waals surface area contributed by atoms with Crippen molar-refractivity contribution >= 4 is 23.9 Å². The van der Waals surface area contributed by atoms with E-state index in [9.17, 15) is 19.5 Å². The highest BCUT2D eigenvalue weighted by Gasteiger charge is 2.36. The van der Waals surface area contributed by atoms with Gasteiger partial charge >= 0.3 is 12.1 Å². The van der Waals surface area contributed by atoms with E-state index in [0.717, 1.165) is 22.3 Å². The first kappa shape index (κ1) is 22.6. The van der Waals surface area contributed by atoms with Crippen LogP contribution in [0.1, 0.15) is 47.3 Å². The SMILES string of the molecule is CC1CCN(C(=O)c2cc(NC(=O)OCC3c4ccccc4-c4ccccc43)on2)C(C(=O)O)C1. The fourth-order valence-electron chi connectivity index (χ4n) is 4.94. The Balaban J connectivity index is 1.23. The van der Waals surface area contributed by atoms with Crippen LogP contribution in [0.4, 0.5) is 10.7 Å². The van der Waals surface area contributed by atoms with Crippen LogP contribution >= 0.6 is 0 Å². The number of nitrogens with zero attached hydrogens (tertiary/aromatic N) is 2. The highest BCUT2D eigenvalue weighted by molar-refractivity contribution is 5.96.